The molecule has 0 spiro atoms. The van der Waals surface area contributed by atoms with E-state index in [4.69, 9.17) is 11.6 Å². The van der Waals surface area contributed by atoms with Crippen molar-refractivity contribution in [1.29, 1.82) is 0 Å². The maximum absolute atomic E-state index is 12.6. The van der Waals surface area contributed by atoms with Crippen LogP contribution in [0.25, 0.3) is 4.96 Å². The van der Waals surface area contributed by atoms with Crippen molar-refractivity contribution in [3.8, 4) is 0 Å². The molecule has 2 aromatic heterocycles. The third-order valence-corrected chi connectivity index (χ3v) is 5.98. The molecule has 110 valence electrons. The minimum atomic E-state index is -3.84. The summed E-state index contributed by atoms with van der Waals surface area (Å²) < 4.78 is 29.8. The van der Waals surface area contributed by atoms with E-state index in [9.17, 15) is 8.42 Å². The average Bonchev–Trinajstić information content (AvgIpc) is 2.91. The van der Waals surface area contributed by atoms with Gasteiger partial charge in [0.2, 0.25) is 0 Å². The van der Waals surface area contributed by atoms with Gasteiger partial charge in [-0.2, -0.15) is 8.42 Å². The van der Waals surface area contributed by atoms with Gasteiger partial charge in [0.15, 0.2) is 15.1 Å². The molecule has 0 fully saturated rings. The number of benzene rings is 1. The molecule has 1 aromatic carbocycles. The first-order valence-electron chi connectivity index (χ1n) is 5.78. The number of nitrogens with zero attached hydrogens (tertiary/aromatic N) is 2. The predicted octanol–water partition coefficient (Wildman–Crippen LogP) is 3.92. The molecule has 0 aliphatic heterocycles. The molecule has 21 heavy (non-hydrogen) atoms. The molecule has 0 aliphatic rings. The lowest BCUT2D eigenvalue weighted by atomic mass is 10.2. The van der Waals surface area contributed by atoms with Crippen molar-refractivity contribution < 1.29 is 8.42 Å². The zero-order chi connectivity index (χ0) is 15.2. The second-order valence-corrected chi connectivity index (χ2v) is 8.04. The van der Waals surface area contributed by atoms with Gasteiger partial charge in [0.25, 0.3) is 10.0 Å². The second kappa shape index (κ2) is 5.28. The van der Waals surface area contributed by atoms with E-state index in [2.05, 4.69) is 25.6 Å². The molecule has 1 N–H and O–H groups in total. The van der Waals surface area contributed by atoms with Gasteiger partial charge in [-0.05, 0) is 40.5 Å². The fourth-order valence-corrected chi connectivity index (χ4v) is 5.13. The van der Waals surface area contributed by atoms with Gasteiger partial charge >= 0.3 is 0 Å². The largest absolute Gasteiger partial charge is 0.281 e. The molecular weight excluding hydrogens is 398 g/mol. The fourth-order valence-electron chi connectivity index (χ4n) is 1.88. The van der Waals surface area contributed by atoms with Crippen LogP contribution in [0.3, 0.4) is 0 Å². The van der Waals surface area contributed by atoms with Gasteiger partial charge in [-0.25, -0.2) is 4.98 Å². The van der Waals surface area contributed by atoms with E-state index in [1.807, 2.05) is 19.1 Å². The first-order valence-corrected chi connectivity index (χ1v) is 9.32. The third-order valence-electron chi connectivity index (χ3n) is 2.80. The summed E-state index contributed by atoms with van der Waals surface area (Å²) in [6.07, 6.45) is 1.62. The lowest BCUT2D eigenvalue weighted by Gasteiger charge is -2.09. The summed E-state index contributed by atoms with van der Waals surface area (Å²) in [5.74, 6) is 0. The van der Waals surface area contributed by atoms with Gasteiger partial charge in [0.1, 0.15) is 0 Å². The number of sulfonamides is 1. The molecule has 0 bridgehead atoms. The van der Waals surface area contributed by atoms with E-state index in [1.165, 1.54) is 15.7 Å². The topological polar surface area (TPSA) is 63.5 Å². The van der Waals surface area contributed by atoms with Crippen LogP contribution in [0.5, 0.6) is 0 Å². The standard InChI is InChI=1S/C12H9BrClN3O2S2/c1-7-2-3-9(8(13)6-7)16-21(18,19)11-10(14)15-12-17(11)4-5-20-12/h2-6,16H,1H3. The third kappa shape index (κ3) is 2.68. The van der Waals surface area contributed by atoms with E-state index < -0.39 is 10.0 Å². The molecule has 3 rings (SSSR count). The monoisotopic (exact) mass is 405 g/mol. The van der Waals surface area contributed by atoms with Crippen LogP contribution < -0.4 is 4.72 Å². The Balaban J connectivity index is 2.08. The minimum Gasteiger partial charge on any atom is -0.278 e. The van der Waals surface area contributed by atoms with Crippen molar-refractivity contribution in [1.82, 2.24) is 9.38 Å². The molecule has 0 aliphatic carbocycles. The van der Waals surface area contributed by atoms with Crippen molar-refractivity contribution in [2.24, 2.45) is 0 Å². The number of fused-ring (bicyclic) bond motifs is 1. The second-order valence-electron chi connectivity index (χ2n) is 4.35. The van der Waals surface area contributed by atoms with E-state index >= 15 is 0 Å². The van der Waals surface area contributed by atoms with Crippen molar-refractivity contribution >= 4 is 59.5 Å². The summed E-state index contributed by atoms with van der Waals surface area (Å²) in [4.78, 5) is 4.56. The van der Waals surface area contributed by atoms with Crippen LogP contribution >= 0.6 is 38.9 Å². The molecule has 0 saturated heterocycles. The lowest BCUT2D eigenvalue weighted by Crippen LogP contribution is -2.15. The maximum Gasteiger partial charge on any atom is 0.281 e. The molecule has 0 amide bonds. The van der Waals surface area contributed by atoms with Crippen LogP contribution in [0.15, 0.2) is 39.3 Å². The summed E-state index contributed by atoms with van der Waals surface area (Å²) >= 11 is 10.6. The summed E-state index contributed by atoms with van der Waals surface area (Å²) in [6.45, 7) is 1.92. The minimum absolute atomic E-state index is 0.0439. The Hall–Kier alpha value is -1.09. The number of aromatic nitrogens is 2. The van der Waals surface area contributed by atoms with E-state index in [1.54, 1.807) is 17.6 Å². The highest BCUT2D eigenvalue weighted by Gasteiger charge is 2.25. The first-order chi connectivity index (χ1) is 9.88. The smallest absolute Gasteiger partial charge is 0.278 e. The van der Waals surface area contributed by atoms with Gasteiger partial charge < -0.3 is 0 Å². The summed E-state index contributed by atoms with van der Waals surface area (Å²) in [7, 11) is -3.84. The molecule has 0 saturated carbocycles. The van der Waals surface area contributed by atoms with Gasteiger partial charge in [-0.15, -0.1) is 11.3 Å². The van der Waals surface area contributed by atoms with Crippen LogP contribution in [0.2, 0.25) is 5.15 Å². The summed E-state index contributed by atoms with van der Waals surface area (Å²) in [6, 6.07) is 5.34. The zero-order valence-electron chi connectivity index (χ0n) is 10.7. The molecular formula is C12H9BrClN3O2S2. The highest BCUT2D eigenvalue weighted by molar-refractivity contribution is 9.10. The Morgan fingerprint density at radius 3 is 2.90 bits per heavy atom. The molecule has 0 radical (unpaired) electrons. The van der Waals surface area contributed by atoms with Crippen LogP contribution in [0.1, 0.15) is 5.56 Å². The van der Waals surface area contributed by atoms with Crippen molar-refractivity contribution in [3.63, 3.8) is 0 Å². The Morgan fingerprint density at radius 1 is 1.43 bits per heavy atom. The van der Waals surface area contributed by atoms with Gasteiger partial charge in [-0.1, -0.05) is 17.7 Å². The average molecular weight is 407 g/mol. The number of anilines is 1. The molecule has 5 nitrogen and oxygen atoms in total. The maximum atomic E-state index is 12.6. The predicted molar refractivity (Wildman–Crippen MR) is 87.8 cm³/mol. The first kappa shape index (κ1) is 14.8. The number of hydrogen-bond acceptors (Lipinski definition) is 4. The Labute approximate surface area is 138 Å². The van der Waals surface area contributed by atoms with Crippen molar-refractivity contribution in [3.05, 3.63) is 45.0 Å². The summed E-state index contributed by atoms with van der Waals surface area (Å²) in [5.41, 5.74) is 1.47. The van der Waals surface area contributed by atoms with Gasteiger partial charge in [-0.3, -0.25) is 9.12 Å². The van der Waals surface area contributed by atoms with Crippen LogP contribution in [-0.2, 0) is 10.0 Å². The molecule has 2 heterocycles. The Morgan fingerprint density at radius 2 is 2.19 bits per heavy atom. The molecule has 9 heteroatoms. The molecule has 0 unspecified atom stereocenters. The van der Waals surface area contributed by atoms with Crippen LogP contribution in [0, 0.1) is 6.92 Å². The van der Waals surface area contributed by atoms with Crippen LogP contribution in [0.4, 0.5) is 5.69 Å². The number of hydrogen-bond donors (Lipinski definition) is 1. The number of halogens is 2. The van der Waals surface area contributed by atoms with E-state index in [0.717, 1.165) is 5.56 Å². The van der Waals surface area contributed by atoms with Crippen molar-refractivity contribution in [2.45, 2.75) is 11.9 Å². The van der Waals surface area contributed by atoms with Crippen molar-refractivity contribution in [2.75, 3.05) is 4.72 Å². The van der Waals surface area contributed by atoms with Gasteiger partial charge in [0.05, 0.1) is 5.69 Å². The Kier molecular flexibility index (Phi) is 3.73. The van der Waals surface area contributed by atoms with Crippen LogP contribution in [-0.4, -0.2) is 17.8 Å². The molecule has 3 aromatic rings. The fraction of sp³-hybridized carbons (Fsp3) is 0.0833. The quantitative estimate of drug-likeness (QED) is 0.717. The number of thiazole rings is 1. The zero-order valence-corrected chi connectivity index (χ0v) is 14.6. The molecule has 0 atom stereocenters. The van der Waals surface area contributed by atoms with E-state index in [-0.39, 0.29) is 10.2 Å². The normalized spacial score (nSPS) is 12.0. The van der Waals surface area contributed by atoms with E-state index in [0.29, 0.717) is 15.1 Å². The number of imidazole rings is 1. The van der Waals surface area contributed by atoms with Gasteiger partial charge in [0, 0.05) is 16.0 Å². The number of nitrogens with one attached hydrogen (secondary N) is 1. The Bertz CT molecular complexity index is 933. The highest BCUT2D eigenvalue weighted by atomic mass is 79.9. The summed E-state index contributed by atoms with van der Waals surface area (Å²) in [5, 5.41) is 1.64. The number of rotatable bonds is 3. The number of aryl methyl sites for hydroxylation is 1. The highest BCUT2D eigenvalue weighted by Crippen LogP contribution is 2.30. The lowest BCUT2D eigenvalue weighted by molar-refractivity contribution is 0.596. The SMILES string of the molecule is Cc1ccc(NS(=O)(=O)c2c(Cl)nc3sccn23)c(Br)c1.